The highest BCUT2D eigenvalue weighted by Crippen LogP contribution is 2.40. The summed E-state index contributed by atoms with van der Waals surface area (Å²) < 4.78 is 14.9. The third-order valence-corrected chi connectivity index (χ3v) is 2.34. The van der Waals surface area contributed by atoms with Crippen molar-refractivity contribution in [3.05, 3.63) is 0 Å². The van der Waals surface area contributed by atoms with Crippen LogP contribution in [0.2, 0.25) is 0 Å². The van der Waals surface area contributed by atoms with E-state index in [2.05, 4.69) is 34.7 Å². The van der Waals surface area contributed by atoms with Gasteiger partial charge in [0.1, 0.15) is 6.29 Å². The molecule has 13 heavy (non-hydrogen) atoms. The SMILES string of the molecule is O=C(O)CNCP(=O)(O)OC(=S)S. The molecule has 0 radical (unpaired) electrons. The Labute approximate surface area is 85.2 Å². The number of hydrogen-bond donors (Lipinski definition) is 4. The molecule has 0 saturated heterocycles. The normalized spacial score (nSPS) is 14.6. The van der Waals surface area contributed by atoms with Crippen molar-refractivity contribution in [3.8, 4) is 0 Å². The summed E-state index contributed by atoms with van der Waals surface area (Å²) >= 11 is 7.80. The lowest BCUT2D eigenvalue weighted by Gasteiger charge is -2.10. The van der Waals surface area contributed by atoms with Crippen molar-refractivity contribution >= 4 is 42.8 Å². The van der Waals surface area contributed by atoms with E-state index in [1.54, 1.807) is 0 Å². The van der Waals surface area contributed by atoms with Gasteiger partial charge in [0.05, 0.1) is 6.54 Å². The third kappa shape index (κ3) is 8.20. The number of thiocarbonyl (C=S) groups is 1. The minimum absolute atomic E-state index is 0.358. The van der Waals surface area contributed by atoms with Crippen LogP contribution in [-0.2, 0) is 13.9 Å². The molecular weight excluding hydrogens is 237 g/mol. The number of thiol groups is 1. The summed E-state index contributed by atoms with van der Waals surface area (Å²) in [5.74, 6) is -1.13. The van der Waals surface area contributed by atoms with E-state index in [-0.39, 0.29) is 4.38 Å². The predicted octanol–water partition coefficient (Wildman–Crippen LogP) is 0.0348. The minimum atomic E-state index is -3.90. The van der Waals surface area contributed by atoms with Gasteiger partial charge in [-0.1, -0.05) is 12.6 Å². The molecule has 3 N–H and O–H groups in total. The number of carboxylic acid groups (broad SMARTS) is 1. The second kappa shape index (κ2) is 5.56. The van der Waals surface area contributed by atoms with Gasteiger partial charge in [-0.25, -0.2) is 4.57 Å². The molecule has 9 heteroatoms. The molecule has 76 valence electrons. The Bertz CT molecular complexity index is 257. The van der Waals surface area contributed by atoms with Crippen LogP contribution in [0.15, 0.2) is 0 Å². The number of aliphatic carboxylic acids is 1. The second-order valence-corrected chi connectivity index (χ2v) is 4.83. The molecule has 1 atom stereocenters. The van der Waals surface area contributed by atoms with Crippen LogP contribution in [0.3, 0.4) is 0 Å². The molecule has 0 aliphatic rings. The Balaban J connectivity index is 3.82. The highest BCUT2D eigenvalue weighted by atomic mass is 32.1. The number of nitrogens with one attached hydrogen (secondary N) is 1. The van der Waals surface area contributed by atoms with E-state index in [4.69, 9.17) is 10.00 Å². The fraction of sp³-hybridized carbons (Fsp3) is 0.500. The zero-order valence-electron chi connectivity index (χ0n) is 6.34. The summed E-state index contributed by atoms with van der Waals surface area (Å²) in [6.45, 7) is -0.423. The molecule has 0 fully saturated rings. The van der Waals surface area contributed by atoms with Crippen molar-refractivity contribution in [2.45, 2.75) is 0 Å². The lowest BCUT2D eigenvalue weighted by molar-refractivity contribution is -0.135. The molecule has 0 rings (SSSR count). The second-order valence-electron chi connectivity index (χ2n) is 1.97. The van der Waals surface area contributed by atoms with Crippen LogP contribution in [0, 0.1) is 0 Å². The largest absolute Gasteiger partial charge is 0.480 e. The number of rotatable bonds is 5. The Morgan fingerprint density at radius 1 is 1.69 bits per heavy atom. The van der Waals surface area contributed by atoms with E-state index in [0.29, 0.717) is 0 Å². The van der Waals surface area contributed by atoms with E-state index < -0.39 is 26.4 Å². The maximum atomic E-state index is 10.9. The molecule has 0 aromatic rings. The van der Waals surface area contributed by atoms with Crippen molar-refractivity contribution < 1.29 is 23.9 Å². The predicted molar refractivity (Wildman–Crippen MR) is 53.0 cm³/mol. The van der Waals surface area contributed by atoms with Gasteiger partial charge in [0.15, 0.2) is 0 Å². The first-order valence-electron chi connectivity index (χ1n) is 3.00. The smallest absolute Gasteiger partial charge is 0.391 e. The number of hydrogen-bond acceptors (Lipinski definition) is 5. The first kappa shape index (κ1) is 12.9. The van der Waals surface area contributed by atoms with E-state index in [0.717, 1.165) is 0 Å². The third-order valence-electron chi connectivity index (χ3n) is 0.809. The Kier molecular flexibility index (Phi) is 5.50. The molecule has 0 aliphatic heterocycles. The fourth-order valence-electron chi connectivity index (χ4n) is 0.458. The van der Waals surface area contributed by atoms with Gasteiger partial charge < -0.3 is 14.5 Å². The van der Waals surface area contributed by atoms with Crippen LogP contribution < -0.4 is 5.32 Å². The van der Waals surface area contributed by atoms with Crippen LogP contribution in [0.25, 0.3) is 0 Å². The van der Waals surface area contributed by atoms with Gasteiger partial charge in [0.25, 0.3) is 0 Å². The number of carboxylic acids is 1. The molecule has 0 aliphatic carbocycles. The first-order valence-corrected chi connectivity index (χ1v) is 5.62. The molecule has 0 saturated carbocycles. The van der Waals surface area contributed by atoms with Crippen LogP contribution >= 0.6 is 32.4 Å². The Hall–Kier alpha value is -0.140. The quantitative estimate of drug-likeness (QED) is 0.308. The summed E-state index contributed by atoms with van der Waals surface area (Å²) in [5.41, 5.74) is 0. The molecule has 0 aromatic heterocycles. The topological polar surface area (TPSA) is 95.9 Å². The van der Waals surface area contributed by atoms with Gasteiger partial charge in [-0.05, 0) is 12.2 Å². The lowest BCUT2D eigenvalue weighted by atomic mass is 10.7. The van der Waals surface area contributed by atoms with E-state index in [1.807, 2.05) is 0 Å². The summed E-state index contributed by atoms with van der Waals surface area (Å²) in [6, 6.07) is 0. The maximum Gasteiger partial charge on any atom is 0.391 e. The van der Waals surface area contributed by atoms with Crippen molar-refractivity contribution in [2.75, 3.05) is 12.8 Å². The maximum absolute atomic E-state index is 10.9. The lowest BCUT2D eigenvalue weighted by Crippen LogP contribution is -2.24. The van der Waals surface area contributed by atoms with Crippen LogP contribution in [0.4, 0.5) is 0 Å². The van der Waals surface area contributed by atoms with E-state index >= 15 is 0 Å². The summed E-state index contributed by atoms with van der Waals surface area (Å²) in [6.07, 6.45) is -0.486. The van der Waals surface area contributed by atoms with Gasteiger partial charge in [-0.2, -0.15) is 0 Å². The summed E-state index contributed by atoms with van der Waals surface area (Å²) in [5, 5.41) is 10.4. The summed E-state index contributed by atoms with van der Waals surface area (Å²) in [4.78, 5) is 18.9. The molecular formula is C4H8NO5PS2. The molecule has 0 amide bonds. The number of carbonyl (C=O) groups is 1. The standard InChI is InChI=1S/C4H8NO5PS2/c6-3(7)1-5-2-11(8,9)10-4(12)13/h5H,1-2H2,(H,6,7)(H,8,9)(H,12,13). The van der Waals surface area contributed by atoms with E-state index in [1.165, 1.54) is 0 Å². The average molecular weight is 245 g/mol. The molecule has 0 aromatic carbocycles. The zero-order chi connectivity index (χ0) is 10.5. The van der Waals surface area contributed by atoms with Crippen molar-refractivity contribution in [1.82, 2.24) is 5.32 Å². The Morgan fingerprint density at radius 3 is 2.62 bits per heavy atom. The monoisotopic (exact) mass is 245 g/mol. The molecule has 6 nitrogen and oxygen atoms in total. The van der Waals surface area contributed by atoms with Crippen molar-refractivity contribution in [1.29, 1.82) is 0 Å². The van der Waals surface area contributed by atoms with Crippen LogP contribution in [0.1, 0.15) is 0 Å². The molecule has 0 heterocycles. The Morgan fingerprint density at radius 2 is 2.23 bits per heavy atom. The average Bonchev–Trinajstić information content (AvgIpc) is 1.81. The molecule has 1 unspecified atom stereocenters. The van der Waals surface area contributed by atoms with Crippen molar-refractivity contribution in [3.63, 3.8) is 0 Å². The van der Waals surface area contributed by atoms with E-state index in [9.17, 15) is 9.36 Å². The van der Waals surface area contributed by atoms with Gasteiger partial charge in [-0.3, -0.25) is 10.1 Å². The zero-order valence-corrected chi connectivity index (χ0v) is 8.94. The molecule has 0 spiro atoms. The van der Waals surface area contributed by atoms with Gasteiger partial charge >= 0.3 is 13.6 Å². The highest BCUT2D eigenvalue weighted by molar-refractivity contribution is 8.11. The summed E-state index contributed by atoms with van der Waals surface area (Å²) in [7, 11) is -3.90. The van der Waals surface area contributed by atoms with Gasteiger partial charge in [0, 0.05) is 0 Å². The minimum Gasteiger partial charge on any atom is -0.480 e. The molecule has 0 bridgehead atoms. The highest BCUT2D eigenvalue weighted by Gasteiger charge is 2.20. The fourth-order valence-corrected chi connectivity index (χ4v) is 1.89. The van der Waals surface area contributed by atoms with Gasteiger partial charge in [0.2, 0.25) is 4.38 Å². The van der Waals surface area contributed by atoms with Crippen LogP contribution in [0.5, 0.6) is 0 Å². The van der Waals surface area contributed by atoms with Crippen molar-refractivity contribution in [2.24, 2.45) is 0 Å². The first-order chi connectivity index (χ1) is 5.83. The van der Waals surface area contributed by atoms with Gasteiger partial charge in [-0.15, -0.1) is 0 Å². The van der Waals surface area contributed by atoms with Crippen LogP contribution in [-0.4, -0.2) is 33.2 Å².